The van der Waals surface area contributed by atoms with Crippen molar-refractivity contribution in [1.29, 1.82) is 0 Å². The van der Waals surface area contributed by atoms with Crippen LogP contribution in [-0.2, 0) is 0 Å². The highest BCUT2D eigenvalue weighted by Crippen LogP contribution is 2.17. The molecule has 114 valence electrons. The van der Waals surface area contributed by atoms with Gasteiger partial charge >= 0.3 is 0 Å². The van der Waals surface area contributed by atoms with Crippen LogP contribution in [0.4, 0.5) is 0 Å². The molecule has 0 bridgehead atoms. The van der Waals surface area contributed by atoms with E-state index in [9.17, 15) is 9.90 Å². The zero-order valence-electron chi connectivity index (χ0n) is 13.1. The molecular formula is C17H23NO3. The lowest BCUT2D eigenvalue weighted by molar-refractivity contribution is 0.0314. The van der Waals surface area contributed by atoms with E-state index in [0.29, 0.717) is 12.1 Å². The van der Waals surface area contributed by atoms with Crippen LogP contribution in [0, 0.1) is 18.8 Å². The van der Waals surface area contributed by atoms with Gasteiger partial charge in [0.25, 0.3) is 5.91 Å². The molecule has 4 nitrogen and oxygen atoms in total. The molecule has 0 fully saturated rings. The molecule has 1 aromatic rings. The van der Waals surface area contributed by atoms with E-state index in [1.54, 1.807) is 30.9 Å². The third kappa shape index (κ3) is 4.89. The fraction of sp³-hybridized carbons (Fsp3) is 0.471. The molecule has 0 saturated carbocycles. The van der Waals surface area contributed by atoms with E-state index >= 15 is 0 Å². The van der Waals surface area contributed by atoms with Crippen molar-refractivity contribution in [2.75, 3.05) is 19.7 Å². The number of aliphatic hydroxyl groups is 2. The number of carbonyl (C=O) groups excluding carboxylic acids is 1. The molecule has 0 unspecified atom stereocenters. The Balaban J connectivity index is 3.12. The quantitative estimate of drug-likeness (QED) is 0.827. The van der Waals surface area contributed by atoms with Gasteiger partial charge < -0.3 is 15.1 Å². The van der Waals surface area contributed by atoms with Crippen molar-refractivity contribution in [3.63, 3.8) is 0 Å². The van der Waals surface area contributed by atoms with E-state index in [1.165, 1.54) is 0 Å². The first-order chi connectivity index (χ1) is 9.80. The smallest absolute Gasteiger partial charge is 0.254 e. The van der Waals surface area contributed by atoms with Gasteiger partial charge in [-0.15, -0.1) is 0 Å². The van der Waals surface area contributed by atoms with Crippen LogP contribution in [0.5, 0.6) is 0 Å². The Morgan fingerprint density at radius 1 is 1.38 bits per heavy atom. The van der Waals surface area contributed by atoms with Crippen molar-refractivity contribution in [3.05, 3.63) is 34.9 Å². The van der Waals surface area contributed by atoms with Gasteiger partial charge in [0.15, 0.2) is 0 Å². The van der Waals surface area contributed by atoms with Gasteiger partial charge in [0.2, 0.25) is 0 Å². The molecule has 0 aliphatic heterocycles. The molecule has 4 heteroatoms. The van der Waals surface area contributed by atoms with Crippen LogP contribution >= 0.6 is 0 Å². The summed E-state index contributed by atoms with van der Waals surface area (Å²) in [5, 5.41) is 18.7. The first-order valence-electron chi connectivity index (χ1n) is 7.01. The van der Waals surface area contributed by atoms with Crippen LogP contribution in [0.1, 0.15) is 42.3 Å². The summed E-state index contributed by atoms with van der Waals surface area (Å²) in [5.41, 5.74) is 1.16. The van der Waals surface area contributed by atoms with Crippen molar-refractivity contribution in [1.82, 2.24) is 4.90 Å². The molecular weight excluding hydrogens is 266 g/mol. The summed E-state index contributed by atoms with van der Waals surface area (Å²) in [6.07, 6.45) is 0. The maximum absolute atomic E-state index is 12.6. The summed E-state index contributed by atoms with van der Waals surface area (Å²) in [5.74, 6) is 5.32. The number of aliphatic hydroxyl groups excluding tert-OH is 1. The third-order valence-corrected chi connectivity index (χ3v) is 3.11. The zero-order chi connectivity index (χ0) is 16.0. The van der Waals surface area contributed by atoms with Crippen molar-refractivity contribution in [2.45, 2.75) is 33.3 Å². The Labute approximate surface area is 126 Å². The summed E-state index contributed by atoms with van der Waals surface area (Å²) in [6.45, 7) is 7.67. The number of hydrogen-bond donors (Lipinski definition) is 2. The van der Waals surface area contributed by atoms with Crippen molar-refractivity contribution in [3.8, 4) is 11.8 Å². The second kappa shape index (κ2) is 7.26. The summed E-state index contributed by atoms with van der Waals surface area (Å²) >= 11 is 0. The highest BCUT2D eigenvalue weighted by Gasteiger charge is 2.23. The van der Waals surface area contributed by atoms with Crippen LogP contribution in [0.25, 0.3) is 0 Å². The number of hydrogen-bond acceptors (Lipinski definition) is 3. The van der Waals surface area contributed by atoms with Gasteiger partial charge in [-0.2, -0.15) is 0 Å². The highest BCUT2D eigenvalue weighted by atomic mass is 16.3. The van der Waals surface area contributed by atoms with E-state index < -0.39 is 5.60 Å². The lowest BCUT2D eigenvalue weighted by Gasteiger charge is -2.28. The SMILES string of the molecule is CCN(CC(C)(C)O)C(=O)c1cccc(C#CCO)c1C. The Hall–Kier alpha value is -1.83. The molecule has 2 N–H and O–H groups in total. The topological polar surface area (TPSA) is 60.8 Å². The average Bonchev–Trinajstić information content (AvgIpc) is 2.42. The van der Waals surface area contributed by atoms with Crippen LogP contribution in [-0.4, -0.2) is 46.3 Å². The van der Waals surface area contributed by atoms with Crippen molar-refractivity contribution < 1.29 is 15.0 Å². The number of likely N-dealkylation sites (N-methyl/N-ethyl adjacent to an activating group) is 1. The fourth-order valence-corrected chi connectivity index (χ4v) is 2.10. The molecule has 0 aliphatic carbocycles. The Kier molecular flexibility index (Phi) is 5.95. The molecule has 1 aromatic carbocycles. The number of carbonyl (C=O) groups is 1. The molecule has 1 amide bonds. The highest BCUT2D eigenvalue weighted by molar-refractivity contribution is 5.96. The van der Waals surface area contributed by atoms with E-state index in [-0.39, 0.29) is 19.1 Å². The normalized spacial score (nSPS) is 10.8. The lowest BCUT2D eigenvalue weighted by Crippen LogP contribution is -2.42. The van der Waals surface area contributed by atoms with E-state index in [1.807, 2.05) is 19.9 Å². The molecule has 0 radical (unpaired) electrons. The predicted octanol–water partition coefficient (Wildman–Crippen LogP) is 1.57. The molecule has 0 aromatic heterocycles. The van der Waals surface area contributed by atoms with Gasteiger partial charge in [-0.1, -0.05) is 17.9 Å². The Morgan fingerprint density at radius 3 is 2.57 bits per heavy atom. The largest absolute Gasteiger partial charge is 0.389 e. The summed E-state index contributed by atoms with van der Waals surface area (Å²) in [4.78, 5) is 14.2. The second-order valence-corrected chi connectivity index (χ2v) is 5.57. The van der Waals surface area contributed by atoms with Gasteiger partial charge in [-0.25, -0.2) is 0 Å². The van der Waals surface area contributed by atoms with Crippen LogP contribution in [0.3, 0.4) is 0 Å². The van der Waals surface area contributed by atoms with Crippen LogP contribution < -0.4 is 0 Å². The number of benzene rings is 1. The maximum atomic E-state index is 12.6. The monoisotopic (exact) mass is 289 g/mol. The fourth-order valence-electron chi connectivity index (χ4n) is 2.10. The van der Waals surface area contributed by atoms with Crippen LogP contribution in [0.2, 0.25) is 0 Å². The van der Waals surface area contributed by atoms with Gasteiger partial charge in [-0.3, -0.25) is 4.79 Å². The number of nitrogens with zero attached hydrogens (tertiary/aromatic N) is 1. The first-order valence-corrected chi connectivity index (χ1v) is 7.01. The number of rotatable bonds is 4. The van der Waals surface area contributed by atoms with Crippen molar-refractivity contribution in [2.24, 2.45) is 0 Å². The predicted molar refractivity (Wildman–Crippen MR) is 83.0 cm³/mol. The Morgan fingerprint density at radius 2 is 2.05 bits per heavy atom. The minimum Gasteiger partial charge on any atom is -0.389 e. The molecule has 0 aliphatic rings. The van der Waals surface area contributed by atoms with Gasteiger partial charge in [-0.05, 0) is 45.4 Å². The van der Waals surface area contributed by atoms with Gasteiger partial charge in [0.1, 0.15) is 6.61 Å². The molecule has 0 atom stereocenters. The second-order valence-electron chi connectivity index (χ2n) is 5.57. The summed E-state index contributed by atoms with van der Waals surface area (Å²) in [7, 11) is 0. The van der Waals surface area contributed by atoms with Crippen LogP contribution in [0.15, 0.2) is 18.2 Å². The number of amides is 1. The molecule has 1 rings (SSSR count). The Bertz CT molecular complexity index is 562. The van der Waals surface area contributed by atoms with Crippen molar-refractivity contribution >= 4 is 5.91 Å². The third-order valence-electron chi connectivity index (χ3n) is 3.11. The summed E-state index contributed by atoms with van der Waals surface area (Å²) < 4.78 is 0. The molecule has 0 saturated heterocycles. The minimum absolute atomic E-state index is 0.121. The minimum atomic E-state index is -0.937. The summed E-state index contributed by atoms with van der Waals surface area (Å²) in [6, 6.07) is 5.36. The molecule has 0 heterocycles. The molecule has 21 heavy (non-hydrogen) atoms. The van der Waals surface area contributed by atoms with E-state index in [4.69, 9.17) is 5.11 Å². The maximum Gasteiger partial charge on any atom is 0.254 e. The van der Waals surface area contributed by atoms with Gasteiger partial charge in [0, 0.05) is 24.2 Å². The lowest BCUT2D eigenvalue weighted by atomic mass is 10.0. The van der Waals surface area contributed by atoms with E-state index in [0.717, 1.165) is 11.1 Å². The first kappa shape index (κ1) is 17.2. The van der Waals surface area contributed by atoms with Gasteiger partial charge in [0.05, 0.1) is 5.60 Å². The molecule has 0 spiro atoms. The zero-order valence-corrected chi connectivity index (χ0v) is 13.1. The van der Waals surface area contributed by atoms with E-state index in [2.05, 4.69) is 11.8 Å². The standard InChI is InChI=1S/C17H23NO3/c1-5-18(12-17(3,4)21)16(20)15-10-6-8-14(13(15)2)9-7-11-19/h6,8,10,19,21H,5,11-12H2,1-4H3. The average molecular weight is 289 g/mol.